The molecule has 100 valence electrons. The van der Waals surface area contributed by atoms with Crippen LogP contribution in [0.25, 0.3) is 11.6 Å². The van der Waals surface area contributed by atoms with Gasteiger partial charge in [-0.2, -0.15) is 0 Å². The van der Waals surface area contributed by atoms with Crippen LogP contribution in [0.1, 0.15) is 35.4 Å². The predicted molar refractivity (Wildman–Crippen MR) is 78.2 cm³/mol. The average Bonchev–Trinajstić information content (AvgIpc) is 3.00. The quantitative estimate of drug-likeness (QED) is 0.779. The second-order valence-electron chi connectivity index (χ2n) is 5.37. The molecule has 0 aromatic carbocycles. The molecule has 0 radical (unpaired) electrons. The van der Waals surface area contributed by atoms with Crippen LogP contribution in [0.4, 0.5) is 5.69 Å². The monoisotopic (exact) mass is 265 g/mol. The summed E-state index contributed by atoms with van der Waals surface area (Å²) < 4.78 is 0. The number of carbonyl (C=O) groups is 1. The Morgan fingerprint density at radius 2 is 2.15 bits per heavy atom. The van der Waals surface area contributed by atoms with E-state index >= 15 is 0 Å². The number of amides is 1. The molecule has 2 aromatic rings. The van der Waals surface area contributed by atoms with Gasteiger partial charge in [-0.05, 0) is 49.5 Å². The number of hydrogen-bond donors (Lipinski definition) is 2. The molecule has 20 heavy (non-hydrogen) atoms. The molecule has 4 rings (SSSR count). The minimum atomic E-state index is -0.0550. The van der Waals surface area contributed by atoms with Crippen LogP contribution in [-0.2, 0) is 17.6 Å². The minimum absolute atomic E-state index is 0.0550. The Hall–Kier alpha value is -2.36. The van der Waals surface area contributed by atoms with Crippen LogP contribution in [0.3, 0.4) is 0 Å². The van der Waals surface area contributed by atoms with Crippen molar-refractivity contribution in [1.29, 1.82) is 0 Å². The number of rotatable bonds is 1. The van der Waals surface area contributed by atoms with Gasteiger partial charge in [-0.15, -0.1) is 0 Å². The molecule has 0 saturated heterocycles. The van der Waals surface area contributed by atoms with Crippen LogP contribution >= 0.6 is 0 Å². The van der Waals surface area contributed by atoms with E-state index in [-0.39, 0.29) is 5.91 Å². The molecule has 0 unspecified atom stereocenters. The number of aromatic nitrogens is 2. The Bertz CT molecular complexity index is 704. The van der Waals surface area contributed by atoms with E-state index in [0.29, 0.717) is 5.57 Å². The lowest BCUT2D eigenvalue weighted by Gasteiger charge is -2.08. The van der Waals surface area contributed by atoms with Crippen molar-refractivity contribution >= 4 is 23.2 Å². The molecular formula is C16H15N3O. The lowest BCUT2D eigenvalue weighted by atomic mass is 9.98. The molecular weight excluding hydrogens is 250 g/mol. The highest BCUT2D eigenvalue weighted by atomic mass is 16.2. The number of hydrogen-bond acceptors (Lipinski definition) is 2. The zero-order valence-corrected chi connectivity index (χ0v) is 11.1. The maximum absolute atomic E-state index is 12.1. The van der Waals surface area contributed by atoms with E-state index in [1.54, 1.807) is 12.4 Å². The van der Waals surface area contributed by atoms with Gasteiger partial charge >= 0.3 is 0 Å². The van der Waals surface area contributed by atoms with Crippen molar-refractivity contribution < 1.29 is 4.79 Å². The van der Waals surface area contributed by atoms with Crippen molar-refractivity contribution in [2.75, 3.05) is 5.32 Å². The number of carbonyl (C=O) groups excluding carboxylic acids is 1. The van der Waals surface area contributed by atoms with Crippen molar-refractivity contribution in [3.05, 3.63) is 47.0 Å². The largest absolute Gasteiger partial charge is 0.359 e. The van der Waals surface area contributed by atoms with Crippen molar-refractivity contribution in [1.82, 2.24) is 9.97 Å². The zero-order valence-electron chi connectivity index (χ0n) is 11.1. The molecule has 4 heteroatoms. The first kappa shape index (κ1) is 11.5. The summed E-state index contributed by atoms with van der Waals surface area (Å²) in [4.78, 5) is 19.5. The van der Waals surface area contributed by atoms with Gasteiger partial charge in [-0.1, -0.05) is 0 Å². The van der Waals surface area contributed by atoms with Crippen molar-refractivity contribution in [2.24, 2.45) is 0 Å². The molecule has 1 aliphatic carbocycles. The Labute approximate surface area is 116 Å². The summed E-state index contributed by atoms with van der Waals surface area (Å²) in [5.41, 5.74) is 6.18. The lowest BCUT2D eigenvalue weighted by Crippen LogP contribution is -2.03. The Morgan fingerprint density at radius 1 is 1.25 bits per heavy atom. The van der Waals surface area contributed by atoms with Crippen LogP contribution in [0.5, 0.6) is 0 Å². The second kappa shape index (κ2) is 4.34. The molecule has 4 nitrogen and oxygen atoms in total. The van der Waals surface area contributed by atoms with Gasteiger partial charge in [-0.3, -0.25) is 9.78 Å². The normalized spacial score (nSPS) is 18.8. The Morgan fingerprint density at radius 3 is 3.05 bits per heavy atom. The first-order valence-electron chi connectivity index (χ1n) is 6.99. The van der Waals surface area contributed by atoms with E-state index in [1.165, 1.54) is 24.1 Å². The van der Waals surface area contributed by atoms with Crippen molar-refractivity contribution in [3.63, 3.8) is 0 Å². The molecule has 2 N–H and O–H groups in total. The Kier molecular flexibility index (Phi) is 2.49. The Balaban J connectivity index is 1.77. The molecule has 2 aromatic heterocycles. The fourth-order valence-electron chi connectivity index (χ4n) is 3.05. The van der Waals surface area contributed by atoms with Crippen molar-refractivity contribution in [3.8, 4) is 0 Å². The number of aryl methyl sites for hydroxylation is 2. The predicted octanol–water partition coefficient (Wildman–Crippen LogP) is 2.78. The third-order valence-electron chi connectivity index (χ3n) is 4.04. The SMILES string of the molecule is O=C1Nc2cnccc2C1=Cc1cc2c([nH]1)CCCC2. The number of anilines is 1. The molecule has 0 atom stereocenters. The molecule has 0 saturated carbocycles. The van der Waals surface area contributed by atoms with Crippen molar-refractivity contribution in [2.45, 2.75) is 25.7 Å². The molecule has 1 amide bonds. The van der Waals surface area contributed by atoms with Crippen LogP contribution < -0.4 is 5.32 Å². The molecule has 0 fully saturated rings. The van der Waals surface area contributed by atoms with E-state index in [0.717, 1.165) is 29.8 Å². The molecule has 1 aliphatic heterocycles. The van der Waals surface area contributed by atoms with Gasteiger partial charge < -0.3 is 10.3 Å². The molecule has 0 spiro atoms. The number of nitrogens with one attached hydrogen (secondary N) is 2. The molecule has 2 aliphatic rings. The smallest absolute Gasteiger partial charge is 0.256 e. The van der Waals surface area contributed by atoms with E-state index in [1.807, 2.05) is 12.1 Å². The zero-order chi connectivity index (χ0) is 13.5. The first-order valence-corrected chi connectivity index (χ1v) is 6.99. The third kappa shape index (κ3) is 1.76. The summed E-state index contributed by atoms with van der Waals surface area (Å²) in [6, 6.07) is 4.05. The summed E-state index contributed by atoms with van der Waals surface area (Å²) in [6.07, 6.45) is 10.1. The van der Waals surface area contributed by atoms with Crippen LogP contribution in [0, 0.1) is 0 Å². The number of H-pyrrole nitrogens is 1. The second-order valence-corrected chi connectivity index (χ2v) is 5.37. The molecule has 3 heterocycles. The number of fused-ring (bicyclic) bond motifs is 2. The summed E-state index contributed by atoms with van der Waals surface area (Å²) in [6.45, 7) is 0. The van der Waals surface area contributed by atoms with E-state index in [2.05, 4.69) is 21.4 Å². The number of pyridine rings is 1. The van der Waals surface area contributed by atoms with Crippen LogP contribution in [0.2, 0.25) is 0 Å². The van der Waals surface area contributed by atoms with E-state index in [9.17, 15) is 4.79 Å². The summed E-state index contributed by atoms with van der Waals surface area (Å²) in [5, 5.41) is 2.85. The van der Waals surface area contributed by atoms with Gasteiger partial charge in [0.25, 0.3) is 5.91 Å². The summed E-state index contributed by atoms with van der Waals surface area (Å²) in [7, 11) is 0. The first-order chi connectivity index (χ1) is 9.81. The fraction of sp³-hybridized carbons (Fsp3) is 0.250. The van der Waals surface area contributed by atoms with Gasteiger partial charge in [0, 0.05) is 23.1 Å². The average molecular weight is 265 g/mol. The number of nitrogens with zero attached hydrogens (tertiary/aromatic N) is 1. The highest BCUT2D eigenvalue weighted by molar-refractivity contribution is 6.34. The highest BCUT2D eigenvalue weighted by Crippen LogP contribution is 2.32. The van der Waals surface area contributed by atoms with Gasteiger partial charge in [0.1, 0.15) is 0 Å². The maximum Gasteiger partial charge on any atom is 0.256 e. The van der Waals surface area contributed by atoms with E-state index in [4.69, 9.17) is 0 Å². The number of aromatic amines is 1. The fourth-order valence-corrected chi connectivity index (χ4v) is 3.05. The van der Waals surface area contributed by atoms with Gasteiger partial charge in [0.15, 0.2) is 0 Å². The maximum atomic E-state index is 12.1. The highest BCUT2D eigenvalue weighted by Gasteiger charge is 2.24. The third-order valence-corrected chi connectivity index (χ3v) is 4.04. The summed E-state index contributed by atoms with van der Waals surface area (Å²) in [5.74, 6) is -0.0550. The van der Waals surface area contributed by atoms with Gasteiger partial charge in [0.2, 0.25) is 0 Å². The van der Waals surface area contributed by atoms with Crippen LogP contribution in [-0.4, -0.2) is 15.9 Å². The molecule has 0 bridgehead atoms. The van der Waals surface area contributed by atoms with E-state index < -0.39 is 0 Å². The standard InChI is InChI=1S/C16H15N3O/c20-16-13(12-5-6-17-9-15(12)19-16)8-11-7-10-3-1-2-4-14(10)18-11/h5-9,18H,1-4H2,(H,19,20). The minimum Gasteiger partial charge on any atom is -0.359 e. The van der Waals surface area contributed by atoms with Crippen LogP contribution in [0.15, 0.2) is 24.5 Å². The van der Waals surface area contributed by atoms with Gasteiger partial charge in [0.05, 0.1) is 17.5 Å². The summed E-state index contributed by atoms with van der Waals surface area (Å²) >= 11 is 0. The lowest BCUT2D eigenvalue weighted by molar-refractivity contribution is -0.110. The van der Waals surface area contributed by atoms with Gasteiger partial charge in [-0.25, -0.2) is 0 Å². The topological polar surface area (TPSA) is 57.8 Å².